The van der Waals surface area contributed by atoms with E-state index in [0.29, 0.717) is 6.42 Å². The third-order valence-electron chi connectivity index (χ3n) is 2.01. The Morgan fingerprint density at radius 2 is 1.93 bits per heavy atom. The van der Waals surface area contributed by atoms with Crippen molar-refractivity contribution in [3.05, 3.63) is 11.9 Å². The SMILES string of the molecule is CCCCCCC/C=C(\F)C(=O)OC. The van der Waals surface area contributed by atoms with E-state index in [4.69, 9.17) is 0 Å². The Balaban J connectivity index is 3.46. The van der Waals surface area contributed by atoms with Gasteiger partial charge in [0.15, 0.2) is 0 Å². The summed E-state index contributed by atoms with van der Waals surface area (Å²) in [5.74, 6) is -1.65. The highest BCUT2D eigenvalue weighted by atomic mass is 19.1. The van der Waals surface area contributed by atoms with Crippen molar-refractivity contribution in [2.75, 3.05) is 7.11 Å². The van der Waals surface area contributed by atoms with Crippen LogP contribution >= 0.6 is 0 Å². The Bertz CT molecular complexity index is 188. The van der Waals surface area contributed by atoms with Crippen LogP contribution < -0.4 is 0 Å². The summed E-state index contributed by atoms with van der Waals surface area (Å²) in [7, 11) is 1.18. The molecule has 0 bridgehead atoms. The first kappa shape index (κ1) is 13.1. The molecule has 0 heterocycles. The molecule has 0 saturated heterocycles. The van der Waals surface area contributed by atoms with Crippen molar-refractivity contribution in [3.8, 4) is 0 Å². The number of hydrogen-bond donors (Lipinski definition) is 0. The molecule has 2 nitrogen and oxygen atoms in total. The zero-order valence-corrected chi connectivity index (χ0v) is 9.01. The van der Waals surface area contributed by atoms with Gasteiger partial charge in [-0.25, -0.2) is 4.79 Å². The summed E-state index contributed by atoms with van der Waals surface area (Å²) in [6.07, 6.45) is 7.56. The van der Waals surface area contributed by atoms with Crippen LogP contribution in [-0.4, -0.2) is 13.1 Å². The maximum Gasteiger partial charge on any atom is 0.366 e. The summed E-state index contributed by atoms with van der Waals surface area (Å²) >= 11 is 0. The van der Waals surface area contributed by atoms with Crippen molar-refractivity contribution in [2.24, 2.45) is 0 Å². The first-order valence-electron chi connectivity index (χ1n) is 5.16. The molecule has 0 aliphatic rings. The van der Waals surface area contributed by atoms with E-state index in [9.17, 15) is 9.18 Å². The number of hydrogen-bond acceptors (Lipinski definition) is 2. The van der Waals surface area contributed by atoms with Crippen molar-refractivity contribution in [1.82, 2.24) is 0 Å². The predicted octanol–water partition coefficient (Wildman–Crippen LogP) is 3.37. The Labute approximate surface area is 85.1 Å². The van der Waals surface area contributed by atoms with E-state index in [1.807, 2.05) is 0 Å². The number of carbonyl (C=O) groups is 1. The Kier molecular flexibility index (Phi) is 8.19. The lowest BCUT2D eigenvalue weighted by Gasteiger charge is -1.97. The van der Waals surface area contributed by atoms with Crippen LogP contribution in [0.2, 0.25) is 0 Å². The molecule has 0 saturated carbocycles. The molecule has 3 heteroatoms. The molecule has 0 fully saturated rings. The summed E-state index contributed by atoms with van der Waals surface area (Å²) in [6, 6.07) is 0. The Morgan fingerprint density at radius 3 is 2.50 bits per heavy atom. The number of carbonyl (C=O) groups excluding carboxylic acids is 1. The molecule has 0 aromatic heterocycles. The van der Waals surface area contributed by atoms with Gasteiger partial charge in [-0.3, -0.25) is 0 Å². The first-order valence-corrected chi connectivity index (χ1v) is 5.16. The number of halogens is 1. The molecule has 0 spiro atoms. The highest BCUT2D eigenvalue weighted by Crippen LogP contribution is 2.08. The van der Waals surface area contributed by atoms with E-state index in [1.54, 1.807) is 0 Å². The van der Waals surface area contributed by atoms with E-state index < -0.39 is 11.8 Å². The third-order valence-corrected chi connectivity index (χ3v) is 2.01. The second-order valence-corrected chi connectivity index (χ2v) is 3.25. The minimum absolute atomic E-state index is 0.616. The third kappa shape index (κ3) is 6.63. The lowest BCUT2D eigenvalue weighted by atomic mass is 10.1. The van der Waals surface area contributed by atoms with Gasteiger partial charge in [0.2, 0.25) is 5.83 Å². The first-order chi connectivity index (χ1) is 6.72. The van der Waals surface area contributed by atoms with Crippen molar-refractivity contribution < 1.29 is 13.9 Å². The van der Waals surface area contributed by atoms with Crippen LogP contribution in [0, 0.1) is 0 Å². The van der Waals surface area contributed by atoms with Crippen LogP contribution in [0.3, 0.4) is 0 Å². The van der Waals surface area contributed by atoms with Gasteiger partial charge in [-0.15, -0.1) is 0 Å². The van der Waals surface area contributed by atoms with Gasteiger partial charge in [-0.2, -0.15) is 4.39 Å². The number of methoxy groups -OCH3 is 1. The van der Waals surface area contributed by atoms with E-state index in [2.05, 4.69) is 11.7 Å². The van der Waals surface area contributed by atoms with Gasteiger partial charge >= 0.3 is 5.97 Å². The molecule has 0 unspecified atom stereocenters. The number of allylic oxidation sites excluding steroid dienone is 1. The molecule has 0 radical (unpaired) electrons. The molecule has 0 aliphatic carbocycles. The lowest BCUT2D eigenvalue weighted by molar-refractivity contribution is -0.137. The molecule has 14 heavy (non-hydrogen) atoms. The maximum atomic E-state index is 12.8. The normalized spacial score (nSPS) is 11.5. The molecule has 0 amide bonds. The van der Waals surface area contributed by atoms with Crippen LogP contribution in [0.25, 0.3) is 0 Å². The molecule has 0 N–H and O–H groups in total. The Hall–Kier alpha value is -0.860. The maximum absolute atomic E-state index is 12.8. The van der Waals surface area contributed by atoms with Gasteiger partial charge in [0.25, 0.3) is 0 Å². The van der Waals surface area contributed by atoms with E-state index >= 15 is 0 Å². The second kappa shape index (κ2) is 8.73. The lowest BCUT2D eigenvalue weighted by Crippen LogP contribution is -1.99. The fraction of sp³-hybridized carbons (Fsp3) is 0.727. The second-order valence-electron chi connectivity index (χ2n) is 3.25. The smallest absolute Gasteiger partial charge is 0.366 e. The predicted molar refractivity (Wildman–Crippen MR) is 54.6 cm³/mol. The fourth-order valence-electron chi connectivity index (χ4n) is 1.16. The summed E-state index contributed by atoms with van der Waals surface area (Å²) in [4.78, 5) is 10.6. The molecule has 0 atom stereocenters. The topological polar surface area (TPSA) is 26.3 Å². The molecule has 0 rings (SSSR count). The monoisotopic (exact) mass is 202 g/mol. The van der Waals surface area contributed by atoms with Gasteiger partial charge in [0.1, 0.15) is 0 Å². The molecular formula is C11H19FO2. The zero-order chi connectivity index (χ0) is 10.8. The highest BCUT2D eigenvalue weighted by molar-refractivity contribution is 5.85. The van der Waals surface area contributed by atoms with E-state index in [-0.39, 0.29) is 0 Å². The van der Waals surface area contributed by atoms with Crippen LogP contribution in [0.5, 0.6) is 0 Å². The van der Waals surface area contributed by atoms with Gasteiger partial charge in [-0.1, -0.05) is 32.6 Å². The zero-order valence-electron chi connectivity index (χ0n) is 9.01. The summed E-state index contributed by atoms with van der Waals surface area (Å²) in [6.45, 7) is 2.15. The van der Waals surface area contributed by atoms with Crippen molar-refractivity contribution in [2.45, 2.75) is 45.4 Å². The average molecular weight is 202 g/mol. The number of unbranched alkanes of at least 4 members (excludes halogenated alkanes) is 5. The highest BCUT2D eigenvalue weighted by Gasteiger charge is 2.06. The van der Waals surface area contributed by atoms with E-state index in [0.717, 1.165) is 12.8 Å². The summed E-state index contributed by atoms with van der Waals surface area (Å²) < 4.78 is 17.0. The number of esters is 1. The van der Waals surface area contributed by atoms with Gasteiger partial charge < -0.3 is 4.74 Å². The minimum atomic E-state index is -0.876. The van der Waals surface area contributed by atoms with E-state index in [1.165, 1.54) is 32.4 Å². The van der Waals surface area contributed by atoms with Crippen LogP contribution in [0.4, 0.5) is 4.39 Å². The quantitative estimate of drug-likeness (QED) is 0.359. The molecule has 0 aromatic carbocycles. The van der Waals surface area contributed by atoms with Gasteiger partial charge in [-0.05, 0) is 18.9 Å². The largest absolute Gasteiger partial charge is 0.464 e. The van der Waals surface area contributed by atoms with Gasteiger partial charge in [0, 0.05) is 0 Å². The van der Waals surface area contributed by atoms with Crippen LogP contribution in [-0.2, 0) is 9.53 Å². The molecular weight excluding hydrogens is 183 g/mol. The molecule has 82 valence electrons. The number of rotatable bonds is 7. The minimum Gasteiger partial charge on any atom is -0.464 e. The molecule has 0 aliphatic heterocycles. The van der Waals surface area contributed by atoms with Crippen molar-refractivity contribution >= 4 is 5.97 Å². The average Bonchev–Trinajstić information content (AvgIpc) is 2.21. The Morgan fingerprint density at radius 1 is 1.29 bits per heavy atom. The van der Waals surface area contributed by atoms with Crippen LogP contribution in [0.15, 0.2) is 11.9 Å². The van der Waals surface area contributed by atoms with Crippen molar-refractivity contribution in [1.29, 1.82) is 0 Å². The summed E-state index contributed by atoms with van der Waals surface area (Å²) in [5, 5.41) is 0. The standard InChI is InChI=1S/C11H19FO2/c1-3-4-5-6-7-8-9-10(12)11(13)14-2/h9H,3-8H2,1-2H3/b10-9-. The molecule has 0 aromatic rings. The van der Waals surface area contributed by atoms with Crippen molar-refractivity contribution in [3.63, 3.8) is 0 Å². The summed E-state index contributed by atoms with van der Waals surface area (Å²) in [5.41, 5.74) is 0. The van der Waals surface area contributed by atoms with Crippen LogP contribution in [0.1, 0.15) is 45.4 Å². The fourth-order valence-corrected chi connectivity index (χ4v) is 1.16. The van der Waals surface area contributed by atoms with Gasteiger partial charge in [0.05, 0.1) is 7.11 Å². The number of ether oxygens (including phenoxy) is 1.